The number of aromatic nitrogens is 3. The summed E-state index contributed by atoms with van der Waals surface area (Å²) in [6.45, 7) is 0.829. The Balaban J connectivity index is 1.27. The molecule has 29 heavy (non-hydrogen) atoms. The zero-order valence-electron chi connectivity index (χ0n) is 15.2. The average Bonchev–Trinajstić information content (AvgIpc) is 3.48. The number of nitrogens with one attached hydrogen (secondary N) is 1. The molecule has 0 aliphatic heterocycles. The summed E-state index contributed by atoms with van der Waals surface area (Å²) in [6, 6.07) is 14.8. The Morgan fingerprint density at radius 3 is 2.79 bits per heavy atom. The second kappa shape index (κ2) is 9.02. The van der Waals surface area contributed by atoms with E-state index in [1.54, 1.807) is 12.6 Å². The molecular formula is C20H17ClN4O3S. The highest BCUT2D eigenvalue weighted by molar-refractivity contribution is 7.99. The highest BCUT2D eigenvalue weighted by Gasteiger charge is 2.11. The van der Waals surface area contributed by atoms with Crippen LogP contribution in [0.3, 0.4) is 0 Å². The molecule has 3 heterocycles. The fourth-order valence-corrected chi connectivity index (χ4v) is 3.51. The van der Waals surface area contributed by atoms with Crippen molar-refractivity contribution in [3.8, 4) is 11.3 Å². The van der Waals surface area contributed by atoms with Gasteiger partial charge in [0.05, 0.1) is 25.1 Å². The third-order valence-electron chi connectivity index (χ3n) is 4.07. The first-order valence-electron chi connectivity index (χ1n) is 8.82. The minimum atomic E-state index is -0.119. The smallest absolute Gasteiger partial charge is 0.230 e. The van der Waals surface area contributed by atoms with E-state index < -0.39 is 0 Å². The van der Waals surface area contributed by atoms with Gasteiger partial charge in [0.15, 0.2) is 5.16 Å². The van der Waals surface area contributed by atoms with E-state index in [-0.39, 0.29) is 11.7 Å². The summed E-state index contributed by atoms with van der Waals surface area (Å²) in [5.41, 5.74) is 0.929. The summed E-state index contributed by atoms with van der Waals surface area (Å²) in [5.74, 6) is 2.31. The first-order chi connectivity index (χ1) is 14.2. The number of furan rings is 2. The highest BCUT2D eigenvalue weighted by Crippen LogP contribution is 2.24. The standard InChI is InChI=1S/C20H17ClN4O3S/c21-15-5-3-14(4-6-15)18-8-7-16(28-18)10-22-19(26)12-29-20-24-23-13-25(20)11-17-2-1-9-27-17/h1-9,13H,10-12H2,(H,22,26). The molecular weight excluding hydrogens is 412 g/mol. The van der Waals surface area contributed by atoms with E-state index in [0.29, 0.717) is 29.0 Å². The van der Waals surface area contributed by atoms with E-state index in [1.807, 2.05) is 53.1 Å². The van der Waals surface area contributed by atoms with Gasteiger partial charge in [0.25, 0.3) is 0 Å². The molecule has 148 valence electrons. The van der Waals surface area contributed by atoms with Gasteiger partial charge in [-0.3, -0.25) is 4.79 Å². The van der Waals surface area contributed by atoms with Crippen LogP contribution >= 0.6 is 23.4 Å². The van der Waals surface area contributed by atoms with Crippen molar-refractivity contribution in [2.24, 2.45) is 0 Å². The quantitative estimate of drug-likeness (QED) is 0.422. The monoisotopic (exact) mass is 428 g/mol. The van der Waals surface area contributed by atoms with Gasteiger partial charge in [-0.1, -0.05) is 23.4 Å². The lowest BCUT2D eigenvalue weighted by Gasteiger charge is -2.05. The maximum absolute atomic E-state index is 12.2. The highest BCUT2D eigenvalue weighted by atomic mass is 35.5. The number of nitrogens with zero attached hydrogens (tertiary/aromatic N) is 3. The van der Waals surface area contributed by atoms with Crippen molar-refractivity contribution in [3.05, 3.63) is 77.7 Å². The lowest BCUT2D eigenvalue weighted by Crippen LogP contribution is -2.24. The molecule has 0 saturated carbocycles. The minimum Gasteiger partial charge on any atom is -0.467 e. The summed E-state index contributed by atoms with van der Waals surface area (Å²) in [4.78, 5) is 12.2. The van der Waals surface area contributed by atoms with Gasteiger partial charge >= 0.3 is 0 Å². The minimum absolute atomic E-state index is 0.119. The van der Waals surface area contributed by atoms with E-state index in [9.17, 15) is 4.79 Å². The number of carbonyl (C=O) groups excluding carboxylic acids is 1. The van der Waals surface area contributed by atoms with Crippen LogP contribution in [0.25, 0.3) is 11.3 Å². The Morgan fingerprint density at radius 1 is 1.14 bits per heavy atom. The van der Waals surface area contributed by atoms with Crippen LogP contribution in [0.5, 0.6) is 0 Å². The largest absolute Gasteiger partial charge is 0.467 e. The molecule has 9 heteroatoms. The zero-order chi connectivity index (χ0) is 20.1. The number of halogens is 1. The zero-order valence-corrected chi connectivity index (χ0v) is 16.8. The van der Waals surface area contributed by atoms with Crippen LogP contribution in [-0.2, 0) is 17.9 Å². The van der Waals surface area contributed by atoms with Crippen molar-refractivity contribution in [2.45, 2.75) is 18.2 Å². The summed E-state index contributed by atoms with van der Waals surface area (Å²) < 4.78 is 13.0. The van der Waals surface area contributed by atoms with Crippen LogP contribution in [0.4, 0.5) is 0 Å². The van der Waals surface area contributed by atoms with E-state index in [1.165, 1.54) is 11.8 Å². The number of hydrogen-bond acceptors (Lipinski definition) is 6. The fourth-order valence-electron chi connectivity index (χ4n) is 2.64. The fraction of sp³-hybridized carbons (Fsp3) is 0.150. The maximum Gasteiger partial charge on any atom is 0.230 e. The molecule has 0 aliphatic rings. The van der Waals surface area contributed by atoms with Crippen LogP contribution < -0.4 is 5.32 Å². The third kappa shape index (κ3) is 5.10. The van der Waals surface area contributed by atoms with Gasteiger partial charge in [0, 0.05) is 10.6 Å². The number of thioether (sulfide) groups is 1. The van der Waals surface area contributed by atoms with Crippen molar-refractivity contribution >= 4 is 29.3 Å². The Hall–Kier alpha value is -2.97. The topological polar surface area (TPSA) is 86.1 Å². The molecule has 0 atom stereocenters. The molecule has 0 saturated heterocycles. The van der Waals surface area contributed by atoms with Crippen LogP contribution in [0.2, 0.25) is 5.02 Å². The second-order valence-corrected chi connectivity index (χ2v) is 7.54. The Morgan fingerprint density at radius 2 is 2.00 bits per heavy atom. The molecule has 0 aliphatic carbocycles. The maximum atomic E-state index is 12.2. The van der Waals surface area contributed by atoms with Crippen molar-refractivity contribution < 1.29 is 13.6 Å². The van der Waals surface area contributed by atoms with Crippen molar-refractivity contribution in [2.75, 3.05) is 5.75 Å². The normalized spacial score (nSPS) is 10.9. The third-order valence-corrected chi connectivity index (χ3v) is 5.30. The average molecular weight is 429 g/mol. The summed E-state index contributed by atoms with van der Waals surface area (Å²) in [5, 5.41) is 12.1. The van der Waals surface area contributed by atoms with Gasteiger partial charge < -0.3 is 18.7 Å². The second-order valence-electron chi connectivity index (χ2n) is 6.16. The number of carbonyl (C=O) groups is 1. The van der Waals surface area contributed by atoms with E-state index in [0.717, 1.165) is 17.1 Å². The molecule has 1 aromatic carbocycles. The number of rotatable bonds is 8. The summed E-state index contributed by atoms with van der Waals surface area (Å²) in [6.07, 6.45) is 3.23. The molecule has 4 aromatic rings. The van der Waals surface area contributed by atoms with Crippen LogP contribution in [0.1, 0.15) is 11.5 Å². The molecule has 1 N–H and O–H groups in total. The molecule has 7 nitrogen and oxygen atoms in total. The van der Waals surface area contributed by atoms with Crippen molar-refractivity contribution in [1.29, 1.82) is 0 Å². The summed E-state index contributed by atoms with van der Waals surface area (Å²) >= 11 is 7.22. The van der Waals surface area contributed by atoms with Crippen LogP contribution in [0, 0.1) is 0 Å². The molecule has 0 unspecified atom stereocenters. The van der Waals surface area contributed by atoms with Gasteiger partial charge in [-0.15, -0.1) is 10.2 Å². The Bertz CT molecular complexity index is 1070. The molecule has 3 aromatic heterocycles. The first-order valence-corrected chi connectivity index (χ1v) is 10.2. The Kier molecular flexibility index (Phi) is 6.02. The Labute approximate surface area is 176 Å². The lowest BCUT2D eigenvalue weighted by atomic mass is 10.2. The number of hydrogen-bond donors (Lipinski definition) is 1. The molecule has 0 radical (unpaired) electrons. The van der Waals surface area contributed by atoms with E-state index >= 15 is 0 Å². The van der Waals surface area contributed by atoms with Gasteiger partial charge in [0.1, 0.15) is 23.6 Å². The van der Waals surface area contributed by atoms with Crippen LogP contribution in [0.15, 0.2) is 75.1 Å². The van der Waals surface area contributed by atoms with E-state index in [4.69, 9.17) is 20.4 Å². The number of amides is 1. The molecule has 1 amide bonds. The van der Waals surface area contributed by atoms with E-state index in [2.05, 4.69) is 15.5 Å². The predicted molar refractivity (Wildman–Crippen MR) is 110 cm³/mol. The SMILES string of the molecule is O=C(CSc1nncn1Cc1ccco1)NCc1ccc(-c2ccc(Cl)cc2)o1. The van der Waals surface area contributed by atoms with Crippen LogP contribution in [-0.4, -0.2) is 26.4 Å². The molecule has 4 rings (SSSR count). The van der Waals surface area contributed by atoms with Gasteiger partial charge in [-0.2, -0.15) is 0 Å². The van der Waals surface area contributed by atoms with Gasteiger partial charge in [0.2, 0.25) is 5.91 Å². The van der Waals surface area contributed by atoms with Gasteiger partial charge in [-0.05, 0) is 48.5 Å². The van der Waals surface area contributed by atoms with Crippen molar-refractivity contribution in [3.63, 3.8) is 0 Å². The summed E-state index contributed by atoms with van der Waals surface area (Å²) in [7, 11) is 0. The molecule has 0 fully saturated rings. The molecule has 0 spiro atoms. The van der Waals surface area contributed by atoms with Gasteiger partial charge in [-0.25, -0.2) is 0 Å². The lowest BCUT2D eigenvalue weighted by molar-refractivity contribution is -0.118. The molecule has 0 bridgehead atoms. The predicted octanol–water partition coefficient (Wildman–Crippen LogP) is 4.24. The van der Waals surface area contributed by atoms with Crippen molar-refractivity contribution in [1.82, 2.24) is 20.1 Å². The number of benzene rings is 1. The first kappa shape index (κ1) is 19.4.